The quantitative estimate of drug-likeness (QED) is 0.687. The first-order chi connectivity index (χ1) is 12.0. The smallest absolute Gasteiger partial charge is 0.337 e. The van der Waals surface area contributed by atoms with Gasteiger partial charge in [0.2, 0.25) is 0 Å². The first kappa shape index (κ1) is 16.7. The number of nitrogens with one attached hydrogen (secondary N) is 1. The van der Waals surface area contributed by atoms with E-state index in [1.54, 1.807) is 12.1 Å². The van der Waals surface area contributed by atoms with Crippen molar-refractivity contribution in [3.63, 3.8) is 0 Å². The van der Waals surface area contributed by atoms with Crippen LogP contribution in [0.15, 0.2) is 59.1 Å². The molecule has 3 aromatic carbocycles. The molecule has 0 bridgehead atoms. The Labute approximate surface area is 151 Å². The monoisotopic (exact) mass is 394 g/mol. The summed E-state index contributed by atoms with van der Waals surface area (Å²) in [5, 5.41) is 22.6. The molecule has 0 heterocycles. The maximum Gasteiger partial charge on any atom is 0.337 e. The highest BCUT2D eigenvalue weighted by Crippen LogP contribution is 2.23. The fourth-order valence-corrected chi connectivity index (χ4v) is 2.83. The van der Waals surface area contributed by atoms with E-state index >= 15 is 0 Å². The van der Waals surface area contributed by atoms with E-state index in [0.717, 1.165) is 15.2 Å². The number of nitriles is 1. The summed E-state index contributed by atoms with van der Waals surface area (Å²) in [5.74, 6) is -1.63. The van der Waals surface area contributed by atoms with Crippen LogP contribution < -0.4 is 5.32 Å². The number of benzene rings is 3. The first-order valence-corrected chi connectivity index (χ1v) is 8.05. The molecule has 2 N–H and O–H groups in total. The number of fused-ring (bicyclic) bond motifs is 1. The molecule has 6 heteroatoms. The summed E-state index contributed by atoms with van der Waals surface area (Å²) < 4.78 is 0.945. The SMILES string of the molecule is N#Cc1ccc(NC(=O)c2ccc3cc(Br)ccc3c2)c(C(=O)O)c1. The Bertz CT molecular complexity index is 1050. The number of carbonyl (C=O) groups is 2. The lowest BCUT2D eigenvalue weighted by Crippen LogP contribution is -2.15. The predicted molar refractivity (Wildman–Crippen MR) is 97.7 cm³/mol. The van der Waals surface area contributed by atoms with E-state index in [4.69, 9.17) is 5.26 Å². The van der Waals surface area contributed by atoms with Crippen LogP contribution in [-0.2, 0) is 0 Å². The van der Waals surface area contributed by atoms with Gasteiger partial charge < -0.3 is 10.4 Å². The van der Waals surface area contributed by atoms with Crippen LogP contribution in [0.1, 0.15) is 26.3 Å². The molecule has 0 atom stereocenters. The Morgan fingerprint density at radius 3 is 2.44 bits per heavy atom. The van der Waals surface area contributed by atoms with Crippen LogP contribution in [0.5, 0.6) is 0 Å². The summed E-state index contributed by atoms with van der Waals surface area (Å²) in [5.41, 5.74) is 0.645. The van der Waals surface area contributed by atoms with Gasteiger partial charge in [-0.2, -0.15) is 5.26 Å². The van der Waals surface area contributed by atoms with Gasteiger partial charge in [-0.05, 0) is 53.2 Å². The van der Waals surface area contributed by atoms with Gasteiger partial charge in [-0.1, -0.05) is 28.1 Å². The Hall–Kier alpha value is -3.17. The van der Waals surface area contributed by atoms with E-state index in [2.05, 4.69) is 21.2 Å². The molecule has 0 saturated heterocycles. The van der Waals surface area contributed by atoms with Gasteiger partial charge in [-0.25, -0.2) is 4.79 Å². The van der Waals surface area contributed by atoms with Crippen LogP contribution in [0, 0.1) is 11.3 Å². The average molecular weight is 395 g/mol. The number of hydrogen-bond acceptors (Lipinski definition) is 3. The standard InChI is InChI=1S/C19H11BrN2O3/c20-15-5-4-12-8-14(3-2-13(12)9-15)18(23)22-17-6-1-11(10-21)7-16(17)19(24)25/h1-9H,(H,22,23)(H,24,25). The summed E-state index contributed by atoms with van der Waals surface area (Å²) in [7, 11) is 0. The minimum atomic E-state index is -1.21. The molecule has 0 aromatic heterocycles. The zero-order valence-electron chi connectivity index (χ0n) is 12.8. The van der Waals surface area contributed by atoms with E-state index < -0.39 is 11.9 Å². The van der Waals surface area contributed by atoms with Crippen molar-refractivity contribution in [1.82, 2.24) is 0 Å². The Morgan fingerprint density at radius 1 is 1.00 bits per heavy atom. The molecule has 0 aliphatic carbocycles. The predicted octanol–water partition coefficient (Wildman–Crippen LogP) is 4.42. The van der Waals surface area contributed by atoms with Crippen molar-refractivity contribution in [3.8, 4) is 6.07 Å². The zero-order chi connectivity index (χ0) is 18.0. The van der Waals surface area contributed by atoms with Gasteiger partial charge in [0.05, 0.1) is 22.9 Å². The maximum absolute atomic E-state index is 12.5. The van der Waals surface area contributed by atoms with Gasteiger partial charge >= 0.3 is 5.97 Å². The average Bonchev–Trinajstić information content (AvgIpc) is 2.61. The summed E-state index contributed by atoms with van der Waals surface area (Å²) in [6.45, 7) is 0. The van der Waals surface area contributed by atoms with Crippen LogP contribution in [-0.4, -0.2) is 17.0 Å². The molecule has 25 heavy (non-hydrogen) atoms. The molecule has 0 saturated carbocycles. The van der Waals surface area contributed by atoms with E-state index in [1.807, 2.05) is 30.3 Å². The largest absolute Gasteiger partial charge is 0.478 e. The van der Waals surface area contributed by atoms with Gasteiger partial charge in [0.15, 0.2) is 0 Å². The number of halogens is 1. The highest BCUT2D eigenvalue weighted by molar-refractivity contribution is 9.10. The number of amides is 1. The van der Waals surface area contributed by atoms with Crippen molar-refractivity contribution < 1.29 is 14.7 Å². The molecular formula is C19H11BrN2O3. The lowest BCUT2D eigenvalue weighted by Gasteiger charge is -2.09. The van der Waals surface area contributed by atoms with Gasteiger partial charge in [0.25, 0.3) is 5.91 Å². The molecule has 0 aliphatic heterocycles. The van der Waals surface area contributed by atoms with Gasteiger partial charge in [0.1, 0.15) is 0 Å². The Balaban J connectivity index is 1.94. The molecule has 3 rings (SSSR count). The van der Waals surface area contributed by atoms with Crippen molar-refractivity contribution in [2.75, 3.05) is 5.32 Å². The lowest BCUT2D eigenvalue weighted by molar-refractivity contribution is 0.0698. The molecule has 3 aromatic rings. The Morgan fingerprint density at radius 2 is 1.72 bits per heavy atom. The number of aromatic carboxylic acids is 1. The van der Waals surface area contributed by atoms with Crippen molar-refractivity contribution in [2.24, 2.45) is 0 Å². The molecular weight excluding hydrogens is 384 g/mol. The number of carbonyl (C=O) groups excluding carboxylic acids is 1. The second-order valence-corrected chi connectivity index (χ2v) is 6.25. The van der Waals surface area contributed by atoms with Crippen molar-refractivity contribution >= 4 is 44.3 Å². The van der Waals surface area contributed by atoms with E-state index in [0.29, 0.717) is 5.56 Å². The van der Waals surface area contributed by atoms with Crippen LogP contribution in [0.2, 0.25) is 0 Å². The molecule has 0 fully saturated rings. The second kappa shape index (κ2) is 6.75. The number of carboxylic acids is 1. The molecule has 122 valence electrons. The number of nitrogens with zero attached hydrogens (tertiary/aromatic N) is 1. The van der Waals surface area contributed by atoms with Crippen LogP contribution in [0.3, 0.4) is 0 Å². The van der Waals surface area contributed by atoms with Crippen LogP contribution in [0.4, 0.5) is 5.69 Å². The van der Waals surface area contributed by atoms with E-state index in [-0.39, 0.29) is 16.8 Å². The minimum absolute atomic E-state index is 0.128. The third-order valence-electron chi connectivity index (χ3n) is 3.69. The molecule has 0 spiro atoms. The van der Waals surface area contributed by atoms with Crippen molar-refractivity contribution in [1.29, 1.82) is 5.26 Å². The molecule has 0 aliphatic rings. The van der Waals surface area contributed by atoms with Crippen molar-refractivity contribution in [3.05, 3.63) is 75.8 Å². The third kappa shape index (κ3) is 3.52. The highest BCUT2D eigenvalue weighted by atomic mass is 79.9. The first-order valence-electron chi connectivity index (χ1n) is 7.26. The summed E-state index contributed by atoms with van der Waals surface area (Å²) in [6, 6.07) is 16.9. The van der Waals surface area contributed by atoms with E-state index in [1.165, 1.54) is 18.2 Å². The summed E-state index contributed by atoms with van der Waals surface area (Å²) >= 11 is 3.40. The van der Waals surface area contributed by atoms with Crippen molar-refractivity contribution in [2.45, 2.75) is 0 Å². The van der Waals surface area contributed by atoms with Crippen LogP contribution >= 0.6 is 15.9 Å². The molecule has 0 radical (unpaired) electrons. The van der Waals surface area contributed by atoms with Gasteiger partial charge in [-0.15, -0.1) is 0 Å². The molecule has 5 nitrogen and oxygen atoms in total. The third-order valence-corrected chi connectivity index (χ3v) is 4.19. The molecule has 1 amide bonds. The summed E-state index contributed by atoms with van der Waals surface area (Å²) in [4.78, 5) is 23.8. The topological polar surface area (TPSA) is 90.2 Å². The Kier molecular flexibility index (Phi) is 4.50. The molecule has 0 unspecified atom stereocenters. The number of anilines is 1. The summed E-state index contributed by atoms with van der Waals surface area (Å²) in [6.07, 6.45) is 0. The number of carboxylic acid groups (broad SMARTS) is 1. The van der Waals surface area contributed by atoms with Gasteiger partial charge in [-0.3, -0.25) is 4.79 Å². The zero-order valence-corrected chi connectivity index (χ0v) is 14.4. The highest BCUT2D eigenvalue weighted by Gasteiger charge is 2.15. The maximum atomic E-state index is 12.5. The fraction of sp³-hybridized carbons (Fsp3) is 0. The number of hydrogen-bond donors (Lipinski definition) is 2. The van der Waals surface area contributed by atoms with E-state index in [9.17, 15) is 14.7 Å². The van der Waals surface area contributed by atoms with Gasteiger partial charge in [0, 0.05) is 10.0 Å². The second-order valence-electron chi connectivity index (χ2n) is 5.34. The minimum Gasteiger partial charge on any atom is -0.478 e. The normalized spacial score (nSPS) is 10.2. The number of rotatable bonds is 3. The lowest BCUT2D eigenvalue weighted by atomic mass is 10.1. The van der Waals surface area contributed by atoms with Crippen LogP contribution in [0.25, 0.3) is 10.8 Å². The fourth-order valence-electron chi connectivity index (χ4n) is 2.45.